The van der Waals surface area contributed by atoms with Crippen molar-refractivity contribution in [2.45, 2.75) is 6.92 Å². The van der Waals surface area contributed by atoms with E-state index in [1.165, 1.54) is 25.1 Å². The molecule has 4 rings (SSSR count). The summed E-state index contributed by atoms with van der Waals surface area (Å²) in [5.41, 5.74) is 2.87. The van der Waals surface area contributed by atoms with Crippen LogP contribution in [0.3, 0.4) is 0 Å². The Hall–Kier alpha value is -3.77. The molecule has 3 aromatic carbocycles. The van der Waals surface area contributed by atoms with Crippen molar-refractivity contribution in [1.82, 2.24) is 4.98 Å². The second-order valence-electron chi connectivity index (χ2n) is 6.91. The lowest BCUT2D eigenvalue weighted by atomic mass is 10.0. The second kappa shape index (κ2) is 8.53. The molecule has 0 aliphatic rings. The summed E-state index contributed by atoms with van der Waals surface area (Å²) in [4.78, 5) is 29.1. The first kappa shape index (κ1) is 20.5. The van der Waals surface area contributed by atoms with Crippen molar-refractivity contribution in [2.24, 2.45) is 0 Å². The van der Waals surface area contributed by atoms with E-state index in [4.69, 9.17) is 11.6 Å². The number of aromatic nitrogens is 1. The number of nitrogens with one attached hydrogen (secondary N) is 2. The van der Waals surface area contributed by atoms with Gasteiger partial charge in [-0.25, -0.2) is 9.37 Å². The number of amides is 2. The molecule has 5 nitrogen and oxygen atoms in total. The number of para-hydroxylation sites is 1. The number of rotatable bonds is 4. The van der Waals surface area contributed by atoms with Gasteiger partial charge in [0.25, 0.3) is 5.91 Å². The Balaban J connectivity index is 1.74. The quantitative estimate of drug-likeness (QED) is 0.420. The molecule has 0 aliphatic heterocycles. The highest BCUT2D eigenvalue weighted by Crippen LogP contribution is 2.27. The maximum atomic E-state index is 13.9. The van der Waals surface area contributed by atoms with Crippen LogP contribution in [0, 0.1) is 5.82 Å². The van der Waals surface area contributed by atoms with Crippen molar-refractivity contribution >= 4 is 45.7 Å². The molecule has 2 N–H and O–H groups in total. The van der Waals surface area contributed by atoms with Crippen LogP contribution >= 0.6 is 11.6 Å². The zero-order valence-corrected chi connectivity index (χ0v) is 17.2. The van der Waals surface area contributed by atoms with Gasteiger partial charge in [-0.2, -0.15) is 0 Å². The first-order valence-corrected chi connectivity index (χ1v) is 9.83. The summed E-state index contributed by atoms with van der Waals surface area (Å²) in [5, 5.41) is 6.47. The molecule has 31 heavy (non-hydrogen) atoms. The van der Waals surface area contributed by atoms with Crippen LogP contribution in [0.2, 0.25) is 5.02 Å². The van der Waals surface area contributed by atoms with E-state index in [9.17, 15) is 14.0 Å². The van der Waals surface area contributed by atoms with E-state index < -0.39 is 11.7 Å². The Labute approximate surface area is 182 Å². The zero-order chi connectivity index (χ0) is 22.0. The zero-order valence-electron chi connectivity index (χ0n) is 16.4. The van der Waals surface area contributed by atoms with Gasteiger partial charge in [0.1, 0.15) is 5.82 Å². The standard InChI is InChI=1S/C24H17ClFN3O2/c1-14(30)27-23-12-17(10-11-20(23)26)28-24(31)19-13-22(15-6-8-16(25)9-7-15)29-21-5-3-2-4-18(19)21/h2-13H,1H3,(H,27,30)(H,28,31). The minimum Gasteiger partial charge on any atom is -0.324 e. The third kappa shape index (κ3) is 4.54. The topological polar surface area (TPSA) is 71.1 Å². The smallest absolute Gasteiger partial charge is 0.256 e. The monoisotopic (exact) mass is 433 g/mol. The second-order valence-corrected chi connectivity index (χ2v) is 7.35. The number of halogens is 2. The van der Waals surface area contributed by atoms with Crippen LogP contribution in [-0.2, 0) is 4.79 Å². The number of benzene rings is 3. The molecule has 7 heteroatoms. The third-order valence-corrected chi connectivity index (χ3v) is 4.89. The van der Waals surface area contributed by atoms with Gasteiger partial charge in [0.15, 0.2) is 0 Å². The summed E-state index contributed by atoms with van der Waals surface area (Å²) in [6, 6.07) is 20.2. The summed E-state index contributed by atoms with van der Waals surface area (Å²) in [7, 11) is 0. The molecule has 1 aromatic heterocycles. The molecule has 0 saturated heterocycles. The summed E-state index contributed by atoms with van der Waals surface area (Å²) >= 11 is 5.98. The Morgan fingerprint density at radius 2 is 1.68 bits per heavy atom. The number of hydrogen-bond acceptors (Lipinski definition) is 3. The molecular formula is C24H17ClFN3O2. The molecule has 0 unspecified atom stereocenters. The van der Waals surface area contributed by atoms with Crippen LogP contribution in [0.5, 0.6) is 0 Å². The predicted octanol–water partition coefficient (Wildman–Crippen LogP) is 5.91. The highest BCUT2D eigenvalue weighted by atomic mass is 35.5. The normalized spacial score (nSPS) is 10.7. The summed E-state index contributed by atoms with van der Waals surface area (Å²) in [6.45, 7) is 1.28. The SMILES string of the molecule is CC(=O)Nc1cc(NC(=O)c2cc(-c3ccc(Cl)cc3)nc3ccccc23)ccc1F. The van der Waals surface area contributed by atoms with Gasteiger partial charge in [-0.05, 0) is 42.5 Å². The van der Waals surface area contributed by atoms with Crippen molar-refractivity contribution in [3.8, 4) is 11.3 Å². The highest BCUT2D eigenvalue weighted by Gasteiger charge is 2.15. The fraction of sp³-hybridized carbons (Fsp3) is 0.0417. The van der Waals surface area contributed by atoms with E-state index in [-0.39, 0.29) is 11.6 Å². The lowest BCUT2D eigenvalue weighted by Gasteiger charge is -2.12. The molecule has 0 spiro atoms. The lowest BCUT2D eigenvalue weighted by Crippen LogP contribution is -2.14. The van der Waals surface area contributed by atoms with Crippen LogP contribution in [0.15, 0.2) is 72.8 Å². The van der Waals surface area contributed by atoms with E-state index in [0.717, 1.165) is 5.56 Å². The molecule has 0 aliphatic carbocycles. The van der Waals surface area contributed by atoms with Gasteiger partial charge in [-0.15, -0.1) is 0 Å². The maximum absolute atomic E-state index is 13.9. The molecule has 0 atom stereocenters. The van der Waals surface area contributed by atoms with Crippen molar-refractivity contribution in [2.75, 3.05) is 10.6 Å². The van der Waals surface area contributed by atoms with Gasteiger partial charge in [0.05, 0.1) is 22.5 Å². The minimum atomic E-state index is -0.590. The third-order valence-electron chi connectivity index (χ3n) is 4.64. The minimum absolute atomic E-state index is 0.00765. The molecule has 4 aromatic rings. The van der Waals surface area contributed by atoms with Gasteiger partial charge >= 0.3 is 0 Å². The molecule has 0 radical (unpaired) electrons. The fourth-order valence-electron chi connectivity index (χ4n) is 3.22. The Kier molecular flexibility index (Phi) is 5.64. The van der Waals surface area contributed by atoms with E-state index >= 15 is 0 Å². The molecule has 0 saturated carbocycles. The summed E-state index contributed by atoms with van der Waals surface area (Å²) in [5.74, 6) is -1.38. The van der Waals surface area contributed by atoms with Crippen LogP contribution in [0.25, 0.3) is 22.2 Å². The number of carbonyl (C=O) groups excluding carboxylic acids is 2. The molecule has 0 fully saturated rings. The average molecular weight is 434 g/mol. The number of carbonyl (C=O) groups is 2. The summed E-state index contributed by atoms with van der Waals surface area (Å²) in [6.07, 6.45) is 0. The van der Waals surface area contributed by atoms with Crippen LogP contribution in [0.4, 0.5) is 15.8 Å². The first-order valence-electron chi connectivity index (χ1n) is 9.45. The molecule has 0 bridgehead atoms. The van der Waals surface area contributed by atoms with Crippen LogP contribution in [0.1, 0.15) is 17.3 Å². The molecule has 154 valence electrons. The Bertz CT molecular complexity index is 1310. The highest BCUT2D eigenvalue weighted by molar-refractivity contribution is 6.30. The molecular weight excluding hydrogens is 417 g/mol. The predicted molar refractivity (Wildman–Crippen MR) is 121 cm³/mol. The average Bonchev–Trinajstić information content (AvgIpc) is 2.75. The largest absolute Gasteiger partial charge is 0.324 e. The fourth-order valence-corrected chi connectivity index (χ4v) is 3.34. The van der Waals surface area contributed by atoms with E-state index in [0.29, 0.717) is 32.9 Å². The number of pyridine rings is 1. The van der Waals surface area contributed by atoms with Gasteiger partial charge in [0.2, 0.25) is 5.91 Å². The Morgan fingerprint density at radius 3 is 2.42 bits per heavy atom. The van der Waals surface area contributed by atoms with E-state index in [1.54, 1.807) is 18.2 Å². The van der Waals surface area contributed by atoms with E-state index in [2.05, 4.69) is 15.6 Å². The molecule has 2 amide bonds. The van der Waals surface area contributed by atoms with Crippen LogP contribution < -0.4 is 10.6 Å². The van der Waals surface area contributed by atoms with Crippen molar-refractivity contribution in [3.05, 3.63) is 89.2 Å². The number of nitrogens with zero attached hydrogens (tertiary/aromatic N) is 1. The first-order chi connectivity index (χ1) is 14.9. The van der Waals surface area contributed by atoms with E-state index in [1.807, 2.05) is 36.4 Å². The maximum Gasteiger partial charge on any atom is 0.256 e. The van der Waals surface area contributed by atoms with Gasteiger partial charge < -0.3 is 10.6 Å². The number of hydrogen-bond donors (Lipinski definition) is 2. The lowest BCUT2D eigenvalue weighted by molar-refractivity contribution is -0.114. The van der Waals surface area contributed by atoms with Gasteiger partial charge in [-0.3, -0.25) is 9.59 Å². The van der Waals surface area contributed by atoms with Crippen molar-refractivity contribution < 1.29 is 14.0 Å². The number of fused-ring (bicyclic) bond motifs is 1. The number of anilines is 2. The van der Waals surface area contributed by atoms with Crippen molar-refractivity contribution in [3.63, 3.8) is 0 Å². The molecule has 1 heterocycles. The van der Waals surface area contributed by atoms with Gasteiger partial charge in [-0.1, -0.05) is 41.9 Å². The Morgan fingerprint density at radius 1 is 0.935 bits per heavy atom. The van der Waals surface area contributed by atoms with Crippen LogP contribution in [-0.4, -0.2) is 16.8 Å². The van der Waals surface area contributed by atoms with Gasteiger partial charge in [0, 0.05) is 28.6 Å². The summed E-state index contributed by atoms with van der Waals surface area (Å²) < 4.78 is 13.9. The van der Waals surface area contributed by atoms with Crippen molar-refractivity contribution in [1.29, 1.82) is 0 Å².